The van der Waals surface area contributed by atoms with Crippen molar-refractivity contribution in [2.45, 2.75) is 43.7 Å². The molecule has 0 aliphatic heterocycles. The van der Waals surface area contributed by atoms with Crippen molar-refractivity contribution in [2.75, 3.05) is 5.75 Å². The highest BCUT2D eigenvalue weighted by Crippen LogP contribution is 2.35. The molecule has 17 heavy (non-hydrogen) atoms. The van der Waals surface area contributed by atoms with Gasteiger partial charge in [0.25, 0.3) is 5.22 Å². The van der Waals surface area contributed by atoms with Gasteiger partial charge in [-0.1, -0.05) is 36.7 Å². The molecule has 5 nitrogen and oxygen atoms in total. The quantitative estimate of drug-likeness (QED) is 0.834. The van der Waals surface area contributed by atoms with E-state index in [0.29, 0.717) is 17.1 Å². The van der Waals surface area contributed by atoms with Crippen molar-refractivity contribution in [3.8, 4) is 0 Å². The molecule has 0 bridgehead atoms. The van der Waals surface area contributed by atoms with Gasteiger partial charge >= 0.3 is 5.97 Å². The van der Waals surface area contributed by atoms with E-state index in [9.17, 15) is 4.79 Å². The average Bonchev–Trinajstić information content (AvgIpc) is 2.75. The Kier molecular flexibility index (Phi) is 4.04. The average molecular weight is 256 g/mol. The first-order chi connectivity index (χ1) is 8.15. The van der Waals surface area contributed by atoms with Gasteiger partial charge < -0.3 is 9.63 Å². The maximum Gasteiger partial charge on any atom is 0.314 e. The molecule has 0 saturated heterocycles. The Morgan fingerprint density at radius 2 is 2.41 bits per heavy atom. The fourth-order valence-corrected chi connectivity index (χ4v) is 2.73. The Balaban J connectivity index is 1.95. The molecule has 1 aliphatic carbocycles. The van der Waals surface area contributed by atoms with Crippen LogP contribution in [0.15, 0.2) is 9.75 Å². The SMILES string of the molecule is CC1CCCC(c2noc(SCC(=O)O)n2)C1. The van der Waals surface area contributed by atoms with Gasteiger partial charge in [0.15, 0.2) is 5.82 Å². The standard InChI is InChI=1S/C11H16N2O3S/c1-7-3-2-4-8(5-7)10-12-11(16-13-10)17-6-9(14)15/h7-8H,2-6H2,1H3,(H,14,15). The van der Waals surface area contributed by atoms with Gasteiger partial charge in [-0.2, -0.15) is 4.98 Å². The molecule has 1 aliphatic rings. The van der Waals surface area contributed by atoms with E-state index < -0.39 is 5.97 Å². The minimum absolute atomic E-state index is 0.0390. The van der Waals surface area contributed by atoms with E-state index in [1.54, 1.807) is 0 Å². The van der Waals surface area contributed by atoms with E-state index in [0.717, 1.165) is 30.4 Å². The van der Waals surface area contributed by atoms with Gasteiger partial charge in [-0.25, -0.2) is 0 Å². The molecule has 0 aromatic carbocycles. The van der Waals surface area contributed by atoms with Gasteiger partial charge in [-0.05, 0) is 18.8 Å². The number of aromatic nitrogens is 2. The van der Waals surface area contributed by atoms with Crippen LogP contribution in [0.1, 0.15) is 44.3 Å². The molecule has 1 fully saturated rings. The maximum absolute atomic E-state index is 10.4. The smallest absolute Gasteiger partial charge is 0.314 e. The van der Waals surface area contributed by atoms with Crippen molar-refractivity contribution in [3.63, 3.8) is 0 Å². The predicted octanol–water partition coefficient (Wildman–Crippen LogP) is 2.54. The van der Waals surface area contributed by atoms with Crippen molar-refractivity contribution in [1.82, 2.24) is 10.1 Å². The highest BCUT2D eigenvalue weighted by Gasteiger charge is 2.24. The third kappa shape index (κ3) is 3.46. The van der Waals surface area contributed by atoms with Gasteiger partial charge in [0.1, 0.15) is 5.75 Å². The number of carboxylic acid groups (broad SMARTS) is 1. The van der Waals surface area contributed by atoms with Gasteiger partial charge in [-0.3, -0.25) is 4.79 Å². The Morgan fingerprint density at radius 1 is 1.59 bits per heavy atom. The van der Waals surface area contributed by atoms with Crippen LogP contribution in [0, 0.1) is 5.92 Å². The van der Waals surface area contributed by atoms with Crippen LogP contribution < -0.4 is 0 Å². The summed E-state index contributed by atoms with van der Waals surface area (Å²) >= 11 is 1.07. The molecule has 2 atom stereocenters. The second-order valence-electron chi connectivity index (χ2n) is 4.57. The lowest BCUT2D eigenvalue weighted by molar-refractivity contribution is -0.133. The van der Waals surface area contributed by atoms with Crippen LogP contribution in [0.4, 0.5) is 0 Å². The molecule has 6 heteroatoms. The van der Waals surface area contributed by atoms with Crippen LogP contribution in [0.5, 0.6) is 0 Å². The summed E-state index contributed by atoms with van der Waals surface area (Å²) in [4.78, 5) is 14.7. The van der Waals surface area contributed by atoms with E-state index in [2.05, 4.69) is 17.1 Å². The Hall–Kier alpha value is -1.04. The first-order valence-corrected chi connectivity index (χ1v) is 6.82. The molecule has 1 N–H and O–H groups in total. The summed E-state index contributed by atoms with van der Waals surface area (Å²) in [5.74, 6) is 0.914. The third-order valence-corrected chi connectivity index (χ3v) is 3.85. The van der Waals surface area contributed by atoms with Crippen molar-refractivity contribution in [2.24, 2.45) is 5.92 Å². The number of nitrogens with zero attached hydrogens (tertiary/aromatic N) is 2. The van der Waals surface area contributed by atoms with E-state index in [4.69, 9.17) is 9.63 Å². The fraction of sp³-hybridized carbons (Fsp3) is 0.727. The lowest BCUT2D eigenvalue weighted by atomic mass is 9.82. The van der Waals surface area contributed by atoms with Gasteiger partial charge in [0.2, 0.25) is 0 Å². The summed E-state index contributed by atoms with van der Waals surface area (Å²) in [6.07, 6.45) is 4.68. The molecule has 1 aromatic heterocycles. The number of hydrogen-bond acceptors (Lipinski definition) is 5. The largest absolute Gasteiger partial charge is 0.481 e. The Bertz CT molecular complexity index is 394. The number of carboxylic acids is 1. The van der Waals surface area contributed by atoms with Crippen LogP contribution in [0.3, 0.4) is 0 Å². The minimum atomic E-state index is -0.874. The minimum Gasteiger partial charge on any atom is -0.481 e. The Morgan fingerprint density at radius 3 is 3.12 bits per heavy atom. The topological polar surface area (TPSA) is 76.2 Å². The molecular formula is C11H16N2O3S. The van der Waals surface area contributed by atoms with Crippen molar-refractivity contribution < 1.29 is 14.4 Å². The summed E-state index contributed by atoms with van der Waals surface area (Å²) in [6.45, 7) is 2.24. The molecule has 2 rings (SSSR count). The number of hydrogen-bond donors (Lipinski definition) is 1. The number of thioether (sulfide) groups is 1. The lowest BCUT2D eigenvalue weighted by Crippen LogP contribution is -2.12. The van der Waals surface area contributed by atoms with E-state index in [1.165, 1.54) is 12.8 Å². The van der Waals surface area contributed by atoms with Crippen molar-refractivity contribution in [1.29, 1.82) is 0 Å². The normalized spacial score (nSPS) is 24.8. The first-order valence-electron chi connectivity index (χ1n) is 5.83. The highest BCUT2D eigenvalue weighted by atomic mass is 32.2. The molecule has 0 amide bonds. The van der Waals surface area contributed by atoms with E-state index >= 15 is 0 Å². The van der Waals surface area contributed by atoms with Crippen LogP contribution in [-0.2, 0) is 4.79 Å². The van der Waals surface area contributed by atoms with Crippen LogP contribution in [-0.4, -0.2) is 27.0 Å². The summed E-state index contributed by atoms with van der Waals surface area (Å²) < 4.78 is 5.04. The van der Waals surface area contributed by atoms with E-state index in [1.807, 2.05) is 0 Å². The predicted molar refractivity (Wildman–Crippen MR) is 63.0 cm³/mol. The molecule has 2 unspecified atom stereocenters. The molecule has 1 saturated carbocycles. The number of carbonyl (C=O) groups is 1. The monoisotopic (exact) mass is 256 g/mol. The number of aliphatic carboxylic acids is 1. The van der Waals surface area contributed by atoms with Crippen molar-refractivity contribution >= 4 is 17.7 Å². The lowest BCUT2D eigenvalue weighted by Gasteiger charge is -2.23. The fourth-order valence-electron chi connectivity index (χ4n) is 2.24. The second kappa shape index (κ2) is 5.53. The van der Waals surface area contributed by atoms with Crippen LogP contribution >= 0.6 is 11.8 Å². The van der Waals surface area contributed by atoms with Crippen LogP contribution in [0.25, 0.3) is 0 Å². The maximum atomic E-state index is 10.4. The summed E-state index contributed by atoms with van der Waals surface area (Å²) in [6, 6.07) is 0. The molecule has 1 heterocycles. The van der Waals surface area contributed by atoms with Gasteiger partial charge in [0.05, 0.1) is 0 Å². The molecule has 0 spiro atoms. The van der Waals surface area contributed by atoms with Crippen LogP contribution in [0.2, 0.25) is 0 Å². The zero-order valence-corrected chi connectivity index (χ0v) is 10.6. The molecule has 0 radical (unpaired) electrons. The molecular weight excluding hydrogens is 240 g/mol. The Labute approximate surface area is 104 Å². The van der Waals surface area contributed by atoms with E-state index in [-0.39, 0.29) is 5.75 Å². The van der Waals surface area contributed by atoms with Gasteiger partial charge in [0, 0.05) is 5.92 Å². The van der Waals surface area contributed by atoms with Gasteiger partial charge in [-0.15, -0.1) is 0 Å². The third-order valence-electron chi connectivity index (χ3n) is 3.04. The number of rotatable bonds is 4. The zero-order valence-electron chi connectivity index (χ0n) is 9.76. The summed E-state index contributed by atoms with van der Waals surface area (Å²) in [5.41, 5.74) is 0. The summed E-state index contributed by atoms with van der Waals surface area (Å²) in [7, 11) is 0. The zero-order chi connectivity index (χ0) is 12.3. The molecule has 1 aromatic rings. The van der Waals surface area contributed by atoms with Crippen molar-refractivity contribution in [3.05, 3.63) is 5.82 Å². The second-order valence-corrected chi connectivity index (χ2v) is 5.50. The first kappa shape index (κ1) is 12.4. The highest BCUT2D eigenvalue weighted by molar-refractivity contribution is 7.99. The summed E-state index contributed by atoms with van der Waals surface area (Å²) in [5, 5.41) is 12.9. The molecule has 94 valence electrons.